The van der Waals surface area contributed by atoms with Crippen molar-refractivity contribution in [2.75, 3.05) is 6.54 Å². The minimum absolute atomic E-state index is 0.451. The van der Waals surface area contributed by atoms with Crippen molar-refractivity contribution in [2.45, 2.75) is 25.8 Å². The zero-order chi connectivity index (χ0) is 10.1. The van der Waals surface area contributed by atoms with Gasteiger partial charge in [-0.25, -0.2) is 0 Å². The first-order valence-corrected chi connectivity index (χ1v) is 6.11. The third-order valence-electron chi connectivity index (χ3n) is 2.77. The molecule has 14 heavy (non-hydrogen) atoms. The Balaban J connectivity index is 2.55. The van der Waals surface area contributed by atoms with E-state index in [2.05, 4.69) is 28.2 Å². The van der Waals surface area contributed by atoms with Crippen LogP contribution in [0.4, 0.5) is 0 Å². The second kappa shape index (κ2) is 4.21. The Kier molecular flexibility index (Phi) is 3.15. The molecule has 0 radical (unpaired) electrons. The monoisotopic (exact) mass is 273 g/mol. The fourth-order valence-corrected chi connectivity index (χ4v) is 2.97. The van der Waals surface area contributed by atoms with Gasteiger partial charge in [0.15, 0.2) is 0 Å². The van der Waals surface area contributed by atoms with E-state index in [1.165, 1.54) is 15.6 Å². The van der Waals surface area contributed by atoms with Gasteiger partial charge in [-0.05, 0) is 42.6 Å². The molecule has 0 bridgehead atoms. The summed E-state index contributed by atoms with van der Waals surface area (Å²) in [4.78, 5) is 0. The summed E-state index contributed by atoms with van der Waals surface area (Å²) in [5.41, 5.74) is 2.66. The predicted molar refractivity (Wildman–Crippen MR) is 63.9 cm³/mol. The van der Waals surface area contributed by atoms with Crippen molar-refractivity contribution >= 4 is 27.5 Å². The van der Waals surface area contributed by atoms with Gasteiger partial charge >= 0.3 is 0 Å². The highest BCUT2D eigenvalue weighted by atomic mass is 79.9. The van der Waals surface area contributed by atoms with Gasteiger partial charge in [0, 0.05) is 15.5 Å². The average molecular weight is 275 g/mol. The van der Waals surface area contributed by atoms with E-state index < -0.39 is 0 Å². The van der Waals surface area contributed by atoms with E-state index in [9.17, 15) is 0 Å². The normalized spacial score (nSPS) is 20.6. The highest BCUT2D eigenvalue weighted by Crippen LogP contribution is 2.35. The Morgan fingerprint density at radius 3 is 3.07 bits per heavy atom. The molecule has 1 unspecified atom stereocenters. The van der Waals surface area contributed by atoms with Crippen molar-refractivity contribution in [2.24, 2.45) is 0 Å². The van der Waals surface area contributed by atoms with Gasteiger partial charge in [-0.2, -0.15) is 0 Å². The van der Waals surface area contributed by atoms with Crippen LogP contribution in [0.5, 0.6) is 0 Å². The van der Waals surface area contributed by atoms with Crippen LogP contribution in [0.2, 0.25) is 5.02 Å². The number of rotatable bonds is 1. The molecule has 0 spiro atoms. The van der Waals surface area contributed by atoms with E-state index in [-0.39, 0.29) is 0 Å². The summed E-state index contributed by atoms with van der Waals surface area (Å²) >= 11 is 9.79. The highest BCUT2D eigenvalue weighted by molar-refractivity contribution is 9.10. The molecular weight excluding hydrogens is 261 g/mol. The van der Waals surface area contributed by atoms with E-state index in [4.69, 9.17) is 11.6 Å². The van der Waals surface area contributed by atoms with Crippen LogP contribution in [0.15, 0.2) is 16.6 Å². The summed E-state index contributed by atoms with van der Waals surface area (Å²) in [6.45, 7) is 3.22. The van der Waals surface area contributed by atoms with Crippen LogP contribution in [0.25, 0.3) is 0 Å². The molecule has 1 aromatic carbocycles. The molecule has 1 aliphatic rings. The van der Waals surface area contributed by atoms with Crippen LogP contribution >= 0.6 is 27.5 Å². The molecule has 1 nitrogen and oxygen atoms in total. The van der Waals surface area contributed by atoms with Crippen molar-refractivity contribution < 1.29 is 0 Å². The van der Waals surface area contributed by atoms with Gasteiger partial charge in [0.25, 0.3) is 0 Å². The van der Waals surface area contributed by atoms with E-state index in [0.29, 0.717) is 6.04 Å². The Morgan fingerprint density at radius 2 is 2.36 bits per heavy atom. The third kappa shape index (κ3) is 1.71. The summed E-state index contributed by atoms with van der Waals surface area (Å²) in [5.74, 6) is 0. The molecule has 0 aromatic heterocycles. The molecular formula is C11H13BrClN. The Bertz CT molecular complexity index is 351. The van der Waals surface area contributed by atoms with Crippen LogP contribution in [-0.4, -0.2) is 6.54 Å². The van der Waals surface area contributed by atoms with E-state index in [1.54, 1.807) is 0 Å². The maximum absolute atomic E-state index is 6.19. The molecule has 1 atom stereocenters. The number of fused-ring (bicyclic) bond motifs is 1. The summed E-state index contributed by atoms with van der Waals surface area (Å²) in [7, 11) is 0. The van der Waals surface area contributed by atoms with Gasteiger partial charge in [0.1, 0.15) is 0 Å². The van der Waals surface area contributed by atoms with Gasteiger partial charge in [-0.1, -0.05) is 34.5 Å². The van der Waals surface area contributed by atoms with Crippen LogP contribution in [0, 0.1) is 0 Å². The zero-order valence-corrected chi connectivity index (χ0v) is 10.5. The first kappa shape index (κ1) is 10.5. The lowest BCUT2D eigenvalue weighted by atomic mass is 9.93. The zero-order valence-electron chi connectivity index (χ0n) is 8.11. The molecule has 1 N–H and O–H groups in total. The molecule has 0 saturated heterocycles. The number of hydrogen-bond donors (Lipinski definition) is 1. The largest absolute Gasteiger partial charge is 0.310 e. The van der Waals surface area contributed by atoms with Gasteiger partial charge in [-0.3, -0.25) is 0 Å². The molecule has 3 heteroatoms. The van der Waals surface area contributed by atoms with Gasteiger partial charge in [0.05, 0.1) is 0 Å². The highest BCUT2D eigenvalue weighted by Gasteiger charge is 2.22. The maximum atomic E-state index is 6.19. The molecule has 1 aliphatic heterocycles. The molecule has 0 aliphatic carbocycles. The number of halogens is 2. The maximum Gasteiger partial charge on any atom is 0.0442 e. The van der Waals surface area contributed by atoms with Crippen molar-refractivity contribution in [1.29, 1.82) is 0 Å². The third-order valence-corrected chi connectivity index (χ3v) is 3.81. The van der Waals surface area contributed by atoms with Crippen LogP contribution in [0.1, 0.15) is 30.5 Å². The summed E-state index contributed by atoms with van der Waals surface area (Å²) in [5, 5.41) is 4.41. The van der Waals surface area contributed by atoms with Gasteiger partial charge < -0.3 is 5.32 Å². The first-order valence-electron chi connectivity index (χ1n) is 4.94. The summed E-state index contributed by atoms with van der Waals surface area (Å²) in [6.07, 6.45) is 2.13. The van der Waals surface area contributed by atoms with Gasteiger partial charge in [0.2, 0.25) is 0 Å². The van der Waals surface area contributed by atoms with Gasteiger partial charge in [-0.15, -0.1) is 0 Å². The SMILES string of the molecule is CCC1NCCc2c(Cl)ccc(Br)c21. The van der Waals surface area contributed by atoms with E-state index in [0.717, 1.165) is 24.4 Å². The number of nitrogens with one attached hydrogen (secondary N) is 1. The number of benzene rings is 1. The fraction of sp³-hybridized carbons (Fsp3) is 0.455. The van der Waals surface area contributed by atoms with Crippen LogP contribution in [0.3, 0.4) is 0 Å². The fourth-order valence-electron chi connectivity index (χ4n) is 2.06. The first-order chi connectivity index (χ1) is 6.74. The molecule has 76 valence electrons. The molecule has 0 fully saturated rings. The number of hydrogen-bond acceptors (Lipinski definition) is 1. The Hall–Kier alpha value is -0.0500. The molecule has 2 rings (SSSR count). The van der Waals surface area contributed by atoms with Crippen molar-refractivity contribution in [3.8, 4) is 0 Å². The standard InChI is InChI=1S/C11H13BrClN/c1-2-10-11-7(5-6-14-10)9(13)4-3-8(11)12/h3-4,10,14H,2,5-6H2,1H3. The van der Waals surface area contributed by atoms with E-state index in [1.807, 2.05) is 12.1 Å². The topological polar surface area (TPSA) is 12.0 Å². The van der Waals surface area contributed by atoms with Crippen molar-refractivity contribution in [3.05, 3.63) is 32.8 Å². The Morgan fingerprint density at radius 1 is 1.57 bits per heavy atom. The van der Waals surface area contributed by atoms with Crippen LogP contribution in [-0.2, 0) is 6.42 Å². The minimum atomic E-state index is 0.451. The summed E-state index contributed by atoms with van der Waals surface area (Å²) < 4.78 is 1.18. The molecule has 1 aromatic rings. The Labute approximate surface area is 98.0 Å². The quantitative estimate of drug-likeness (QED) is 0.823. The van der Waals surface area contributed by atoms with Crippen molar-refractivity contribution in [1.82, 2.24) is 5.32 Å². The average Bonchev–Trinajstić information content (AvgIpc) is 2.23. The minimum Gasteiger partial charge on any atom is -0.310 e. The lowest BCUT2D eigenvalue weighted by Crippen LogP contribution is -2.29. The molecule has 1 heterocycles. The van der Waals surface area contributed by atoms with E-state index >= 15 is 0 Å². The molecule has 0 saturated carbocycles. The molecule has 0 amide bonds. The second-order valence-corrected chi connectivity index (χ2v) is 4.85. The van der Waals surface area contributed by atoms with Crippen LogP contribution < -0.4 is 5.32 Å². The van der Waals surface area contributed by atoms with Crippen molar-refractivity contribution in [3.63, 3.8) is 0 Å². The summed E-state index contributed by atoms with van der Waals surface area (Å²) in [6, 6.07) is 4.46. The lowest BCUT2D eigenvalue weighted by molar-refractivity contribution is 0.491. The predicted octanol–water partition coefficient (Wildman–Crippen LogP) is 3.70. The lowest BCUT2D eigenvalue weighted by Gasteiger charge is -2.27. The second-order valence-electron chi connectivity index (χ2n) is 3.59. The smallest absolute Gasteiger partial charge is 0.0442 e.